The fraction of sp³-hybridized carbons (Fsp3) is 0.125. The number of nitrogens with two attached hydrogens (primary N) is 1. The molecule has 2 aromatic heterocycles. The zero-order valence-corrected chi connectivity index (χ0v) is 9.47. The van der Waals surface area contributed by atoms with Crippen molar-refractivity contribution < 1.29 is 4.74 Å². The van der Waals surface area contributed by atoms with Crippen LogP contribution in [0.5, 0.6) is 5.88 Å². The molecule has 2 aromatic rings. The molecule has 0 aromatic carbocycles. The Kier molecular flexibility index (Phi) is 2.55. The molecule has 0 fully saturated rings. The largest absolute Gasteiger partial charge is 0.480 e. The minimum absolute atomic E-state index is 0.409. The third-order valence-corrected chi connectivity index (χ3v) is 2.24. The first kappa shape index (κ1) is 9.91. The van der Waals surface area contributed by atoms with Crippen molar-refractivity contribution in [1.82, 2.24) is 19.7 Å². The first-order valence-electron chi connectivity index (χ1n) is 4.08. The number of hydrogen-bond donors (Lipinski definition) is 1. The summed E-state index contributed by atoms with van der Waals surface area (Å²) in [4.78, 5) is 8.22. The average molecular weight is 270 g/mol. The number of rotatable bonds is 2. The summed E-state index contributed by atoms with van der Waals surface area (Å²) in [5.74, 6) is 0.862. The molecule has 0 unspecified atom stereocenters. The van der Waals surface area contributed by atoms with E-state index in [0.29, 0.717) is 22.0 Å². The van der Waals surface area contributed by atoms with Crippen molar-refractivity contribution in [1.29, 1.82) is 0 Å². The summed E-state index contributed by atoms with van der Waals surface area (Å²) in [6.07, 6.45) is 4.75. The molecule has 2 N–H and O–H groups in total. The highest BCUT2D eigenvalue weighted by molar-refractivity contribution is 9.10. The molecule has 0 bridgehead atoms. The van der Waals surface area contributed by atoms with Crippen molar-refractivity contribution in [2.24, 2.45) is 0 Å². The van der Waals surface area contributed by atoms with Crippen molar-refractivity contribution in [3.8, 4) is 11.8 Å². The fourth-order valence-electron chi connectivity index (χ4n) is 1.04. The van der Waals surface area contributed by atoms with Crippen molar-refractivity contribution in [2.75, 3.05) is 12.8 Å². The molecule has 0 saturated carbocycles. The van der Waals surface area contributed by atoms with Crippen LogP contribution in [-0.2, 0) is 0 Å². The Labute approximate surface area is 94.2 Å². The molecule has 0 amide bonds. The lowest BCUT2D eigenvalue weighted by atomic mass is 10.6. The zero-order valence-electron chi connectivity index (χ0n) is 7.88. The number of anilines is 1. The Morgan fingerprint density at radius 2 is 2.27 bits per heavy atom. The van der Waals surface area contributed by atoms with Gasteiger partial charge in [-0.3, -0.25) is 0 Å². The second-order valence-electron chi connectivity index (χ2n) is 2.75. The first-order valence-corrected chi connectivity index (χ1v) is 4.87. The summed E-state index contributed by atoms with van der Waals surface area (Å²) in [6, 6.07) is 0. The van der Waals surface area contributed by atoms with E-state index in [-0.39, 0.29) is 0 Å². The zero-order chi connectivity index (χ0) is 10.8. The van der Waals surface area contributed by atoms with Gasteiger partial charge >= 0.3 is 0 Å². The van der Waals surface area contributed by atoms with Gasteiger partial charge in [-0.05, 0) is 15.9 Å². The Morgan fingerprint density at radius 1 is 1.47 bits per heavy atom. The maximum Gasteiger partial charge on any atom is 0.253 e. The molecule has 6 nitrogen and oxygen atoms in total. The third kappa shape index (κ3) is 1.91. The lowest BCUT2D eigenvalue weighted by molar-refractivity contribution is 0.392. The van der Waals surface area contributed by atoms with Gasteiger partial charge in [0.25, 0.3) is 5.95 Å². The predicted molar refractivity (Wildman–Crippen MR) is 57.8 cm³/mol. The van der Waals surface area contributed by atoms with Gasteiger partial charge in [0.15, 0.2) is 0 Å². The van der Waals surface area contributed by atoms with Gasteiger partial charge in [-0.1, -0.05) is 0 Å². The van der Waals surface area contributed by atoms with Crippen LogP contribution in [0.15, 0.2) is 23.1 Å². The van der Waals surface area contributed by atoms with Crippen molar-refractivity contribution in [3.63, 3.8) is 0 Å². The van der Waals surface area contributed by atoms with Crippen molar-refractivity contribution >= 4 is 21.6 Å². The quantitative estimate of drug-likeness (QED) is 0.881. The molecule has 0 spiro atoms. The number of halogens is 1. The van der Waals surface area contributed by atoms with E-state index in [1.54, 1.807) is 12.4 Å². The molecule has 0 aliphatic carbocycles. The maximum atomic E-state index is 5.54. The summed E-state index contributed by atoms with van der Waals surface area (Å²) >= 11 is 3.26. The lowest BCUT2D eigenvalue weighted by Gasteiger charge is -2.03. The van der Waals surface area contributed by atoms with Gasteiger partial charge in [0.1, 0.15) is 0 Å². The average Bonchev–Trinajstić information content (AvgIpc) is 2.66. The maximum absolute atomic E-state index is 5.54. The number of nitrogens with zero attached hydrogens (tertiary/aromatic N) is 4. The minimum atomic E-state index is 0.409. The van der Waals surface area contributed by atoms with Gasteiger partial charge in [-0.25, -0.2) is 9.67 Å². The minimum Gasteiger partial charge on any atom is -0.480 e. The Balaban J connectivity index is 2.45. The molecule has 0 aliphatic rings. The van der Waals surface area contributed by atoms with E-state index in [2.05, 4.69) is 31.0 Å². The molecule has 2 rings (SSSR count). The number of nitrogen functional groups attached to an aromatic ring is 1. The lowest BCUT2D eigenvalue weighted by Crippen LogP contribution is -2.03. The standard InChI is InChI=1S/C8H8BrN5O/c1-15-7-6(9)3-11-8(13-7)14-4-5(10)2-12-14/h2-4H,10H2,1H3. The smallest absolute Gasteiger partial charge is 0.253 e. The molecule has 78 valence electrons. The molecule has 2 heterocycles. The van der Waals surface area contributed by atoms with Gasteiger partial charge in [0, 0.05) is 0 Å². The summed E-state index contributed by atoms with van der Waals surface area (Å²) in [7, 11) is 1.54. The van der Waals surface area contributed by atoms with Crippen LogP contribution in [0.3, 0.4) is 0 Å². The van der Waals surface area contributed by atoms with Crippen LogP contribution < -0.4 is 10.5 Å². The Bertz CT molecular complexity index is 484. The first-order chi connectivity index (χ1) is 7.20. The van der Waals surface area contributed by atoms with Crippen LogP contribution in [0.1, 0.15) is 0 Å². The van der Waals surface area contributed by atoms with Gasteiger partial charge in [-0.2, -0.15) is 10.1 Å². The normalized spacial score (nSPS) is 10.3. The van der Waals surface area contributed by atoms with Crippen molar-refractivity contribution in [2.45, 2.75) is 0 Å². The number of aromatic nitrogens is 4. The van der Waals surface area contributed by atoms with E-state index in [4.69, 9.17) is 10.5 Å². The molecular formula is C8H8BrN5O. The van der Waals surface area contributed by atoms with Crippen LogP contribution in [0.2, 0.25) is 0 Å². The summed E-state index contributed by atoms with van der Waals surface area (Å²) < 4.78 is 7.21. The molecule has 0 aliphatic heterocycles. The van der Waals surface area contributed by atoms with E-state index in [1.807, 2.05) is 0 Å². The molecule has 15 heavy (non-hydrogen) atoms. The van der Waals surface area contributed by atoms with E-state index >= 15 is 0 Å². The predicted octanol–water partition coefficient (Wildman–Crippen LogP) is 1.02. The van der Waals surface area contributed by atoms with Crippen LogP contribution in [0.4, 0.5) is 5.69 Å². The summed E-state index contributed by atoms with van der Waals surface area (Å²) in [5, 5.41) is 3.99. The molecule has 0 saturated heterocycles. The van der Waals surface area contributed by atoms with E-state index in [0.717, 1.165) is 0 Å². The van der Waals surface area contributed by atoms with Crippen molar-refractivity contribution in [3.05, 3.63) is 23.1 Å². The van der Waals surface area contributed by atoms with Gasteiger partial charge in [0.05, 0.1) is 35.9 Å². The van der Waals surface area contributed by atoms with E-state index in [1.165, 1.54) is 18.0 Å². The fourth-order valence-corrected chi connectivity index (χ4v) is 1.40. The number of hydrogen-bond acceptors (Lipinski definition) is 5. The van der Waals surface area contributed by atoms with Crippen LogP contribution in [0.25, 0.3) is 5.95 Å². The van der Waals surface area contributed by atoms with Crippen LogP contribution in [0, 0.1) is 0 Å². The second kappa shape index (κ2) is 3.85. The third-order valence-electron chi connectivity index (χ3n) is 1.70. The van der Waals surface area contributed by atoms with Gasteiger partial charge < -0.3 is 10.5 Å². The topological polar surface area (TPSA) is 78.9 Å². The van der Waals surface area contributed by atoms with Gasteiger partial charge in [0.2, 0.25) is 5.88 Å². The highest BCUT2D eigenvalue weighted by atomic mass is 79.9. The molecule has 7 heteroatoms. The van der Waals surface area contributed by atoms with E-state index < -0.39 is 0 Å². The number of ether oxygens (including phenoxy) is 1. The highest BCUT2D eigenvalue weighted by Crippen LogP contribution is 2.21. The molecular weight excluding hydrogens is 262 g/mol. The van der Waals surface area contributed by atoms with Crippen LogP contribution >= 0.6 is 15.9 Å². The monoisotopic (exact) mass is 269 g/mol. The summed E-state index contributed by atoms with van der Waals surface area (Å²) in [5.41, 5.74) is 6.09. The van der Waals surface area contributed by atoms with Crippen LogP contribution in [-0.4, -0.2) is 26.9 Å². The molecule has 0 atom stereocenters. The number of methoxy groups -OCH3 is 1. The molecule has 0 radical (unpaired) electrons. The van der Waals surface area contributed by atoms with Gasteiger partial charge in [-0.15, -0.1) is 0 Å². The highest BCUT2D eigenvalue weighted by Gasteiger charge is 2.07. The Hall–Kier alpha value is -1.63. The SMILES string of the molecule is COc1nc(-n2cc(N)cn2)ncc1Br. The van der Waals surface area contributed by atoms with E-state index in [9.17, 15) is 0 Å². The summed E-state index contributed by atoms with van der Waals surface area (Å²) in [6.45, 7) is 0. The second-order valence-corrected chi connectivity index (χ2v) is 3.60. The Morgan fingerprint density at radius 3 is 2.87 bits per heavy atom.